The first-order valence-corrected chi connectivity index (χ1v) is 8.04. The van der Waals surface area contributed by atoms with Crippen molar-refractivity contribution >= 4 is 15.7 Å². The summed E-state index contributed by atoms with van der Waals surface area (Å²) >= 11 is 0. The van der Waals surface area contributed by atoms with Crippen molar-refractivity contribution in [2.45, 2.75) is 25.8 Å². The third-order valence-corrected chi connectivity index (χ3v) is 3.99. The standard InChI is InChI=1S/C13H19N2O2S/c1-11-5-3-4-6-13(11)15-9-7-12(8-10-15)14-18(2,16)17/h3-5,12,14H,7-10H2,1-2H3. The van der Waals surface area contributed by atoms with Crippen LogP contribution in [0.2, 0.25) is 0 Å². The van der Waals surface area contributed by atoms with Crippen LogP contribution < -0.4 is 9.62 Å². The average Bonchev–Trinajstić information content (AvgIpc) is 2.29. The Morgan fingerprint density at radius 3 is 2.61 bits per heavy atom. The van der Waals surface area contributed by atoms with Crippen molar-refractivity contribution < 1.29 is 8.42 Å². The molecule has 1 radical (unpaired) electrons. The molecule has 0 atom stereocenters. The zero-order valence-corrected chi connectivity index (χ0v) is 11.6. The molecule has 1 aromatic rings. The van der Waals surface area contributed by atoms with Gasteiger partial charge in [-0.25, -0.2) is 13.1 Å². The fraction of sp³-hybridized carbons (Fsp3) is 0.538. The van der Waals surface area contributed by atoms with Gasteiger partial charge in [0.2, 0.25) is 10.0 Å². The van der Waals surface area contributed by atoms with E-state index in [1.165, 1.54) is 11.8 Å². The molecule has 18 heavy (non-hydrogen) atoms. The van der Waals surface area contributed by atoms with Gasteiger partial charge in [0.1, 0.15) is 0 Å². The van der Waals surface area contributed by atoms with Crippen molar-refractivity contribution in [2.24, 2.45) is 0 Å². The molecular weight excluding hydrogens is 248 g/mol. The van der Waals surface area contributed by atoms with E-state index < -0.39 is 10.0 Å². The van der Waals surface area contributed by atoms with Crippen LogP contribution in [-0.2, 0) is 10.0 Å². The molecule has 0 aromatic heterocycles. The van der Waals surface area contributed by atoms with Crippen LogP contribution in [0.3, 0.4) is 0 Å². The van der Waals surface area contributed by atoms with Crippen LogP contribution in [0, 0.1) is 13.0 Å². The van der Waals surface area contributed by atoms with Crippen molar-refractivity contribution in [1.29, 1.82) is 0 Å². The van der Waals surface area contributed by atoms with Crippen molar-refractivity contribution in [1.82, 2.24) is 4.72 Å². The van der Waals surface area contributed by atoms with E-state index >= 15 is 0 Å². The van der Waals surface area contributed by atoms with Crippen LogP contribution in [0.4, 0.5) is 5.69 Å². The Hall–Kier alpha value is -1.07. The van der Waals surface area contributed by atoms with E-state index in [2.05, 4.69) is 28.7 Å². The quantitative estimate of drug-likeness (QED) is 0.898. The Kier molecular flexibility index (Phi) is 3.92. The topological polar surface area (TPSA) is 49.4 Å². The van der Waals surface area contributed by atoms with Crippen molar-refractivity contribution in [3.8, 4) is 0 Å². The zero-order chi connectivity index (χ0) is 13.2. The van der Waals surface area contributed by atoms with Gasteiger partial charge >= 0.3 is 0 Å². The summed E-state index contributed by atoms with van der Waals surface area (Å²) in [5, 5.41) is 0. The van der Waals surface area contributed by atoms with Gasteiger partial charge in [-0.15, -0.1) is 0 Å². The van der Waals surface area contributed by atoms with Crippen LogP contribution in [-0.4, -0.2) is 33.8 Å². The third kappa shape index (κ3) is 3.46. The number of hydrogen-bond donors (Lipinski definition) is 1. The lowest BCUT2D eigenvalue weighted by Crippen LogP contribution is -2.44. The molecule has 1 N–H and O–H groups in total. The lowest BCUT2D eigenvalue weighted by atomic mass is 10.0. The van der Waals surface area contributed by atoms with Gasteiger partial charge < -0.3 is 4.90 Å². The molecule has 1 aliphatic rings. The smallest absolute Gasteiger partial charge is 0.208 e. The first-order chi connectivity index (χ1) is 8.46. The minimum absolute atomic E-state index is 0.0697. The number of benzene rings is 1. The van der Waals surface area contributed by atoms with E-state index in [0.29, 0.717) is 0 Å². The fourth-order valence-corrected chi connectivity index (χ4v) is 3.22. The van der Waals surface area contributed by atoms with E-state index in [0.717, 1.165) is 31.6 Å². The van der Waals surface area contributed by atoms with E-state index in [1.54, 1.807) is 0 Å². The molecule has 5 heteroatoms. The Balaban J connectivity index is 1.97. The maximum atomic E-state index is 11.2. The summed E-state index contributed by atoms with van der Waals surface area (Å²) < 4.78 is 25.0. The molecule has 0 spiro atoms. The van der Waals surface area contributed by atoms with E-state index in [9.17, 15) is 8.42 Å². The SMILES string of the molecule is Cc1ccc[c]c1N1CCC(NS(C)(=O)=O)CC1. The molecule has 1 aromatic carbocycles. The second kappa shape index (κ2) is 5.28. The van der Waals surface area contributed by atoms with Gasteiger partial charge in [-0.1, -0.05) is 18.2 Å². The monoisotopic (exact) mass is 267 g/mol. The first-order valence-electron chi connectivity index (χ1n) is 6.15. The number of piperidine rings is 1. The summed E-state index contributed by atoms with van der Waals surface area (Å²) in [4.78, 5) is 2.27. The van der Waals surface area contributed by atoms with Gasteiger partial charge in [-0.05, 0) is 25.3 Å². The normalized spacial score (nSPS) is 18.0. The number of aryl methyl sites for hydroxylation is 1. The minimum atomic E-state index is -3.09. The second-order valence-corrected chi connectivity index (χ2v) is 6.63. The van der Waals surface area contributed by atoms with E-state index in [-0.39, 0.29) is 6.04 Å². The van der Waals surface area contributed by atoms with Crippen molar-refractivity contribution in [3.63, 3.8) is 0 Å². The molecule has 99 valence electrons. The summed E-state index contributed by atoms with van der Waals surface area (Å²) in [5.74, 6) is 0. The van der Waals surface area contributed by atoms with Gasteiger partial charge in [-0.3, -0.25) is 0 Å². The molecule has 0 unspecified atom stereocenters. The summed E-state index contributed by atoms with van der Waals surface area (Å²) in [5.41, 5.74) is 2.35. The van der Waals surface area contributed by atoms with Gasteiger partial charge in [0, 0.05) is 30.9 Å². The van der Waals surface area contributed by atoms with Gasteiger partial charge in [0.25, 0.3) is 0 Å². The summed E-state index contributed by atoms with van der Waals surface area (Å²) in [6, 6.07) is 9.31. The molecule has 0 aliphatic carbocycles. The third-order valence-electron chi connectivity index (χ3n) is 3.23. The van der Waals surface area contributed by atoms with Crippen LogP contribution >= 0.6 is 0 Å². The van der Waals surface area contributed by atoms with Crippen LogP contribution in [0.1, 0.15) is 18.4 Å². The molecule has 0 saturated carbocycles. The van der Waals surface area contributed by atoms with E-state index in [1.807, 2.05) is 12.1 Å². The molecule has 0 bridgehead atoms. The van der Waals surface area contributed by atoms with E-state index in [4.69, 9.17) is 0 Å². The van der Waals surface area contributed by atoms with Crippen molar-refractivity contribution in [2.75, 3.05) is 24.2 Å². The van der Waals surface area contributed by atoms with Gasteiger partial charge in [0.05, 0.1) is 6.26 Å². The highest BCUT2D eigenvalue weighted by molar-refractivity contribution is 7.88. The molecule has 1 saturated heterocycles. The largest absolute Gasteiger partial charge is 0.371 e. The highest BCUT2D eigenvalue weighted by Crippen LogP contribution is 2.22. The number of hydrogen-bond acceptors (Lipinski definition) is 3. The second-order valence-electron chi connectivity index (χ2n) is 4.85. The molecule has 2 rings (SSSR count). The van der Waals surface area contributed by atoms with Gasteiger partial charge in [-0.2, -0.15) is 0 Å². The number of sulfonamides is 1. The lowest BCUT2D eigenvalue weighted by Gasteiger charge is -2.34. The average molecular weight is 267 g/mol. The number of para-hydroxylation sites is 1. The predicted molar refractivity (Wildman–Crippen MR) is 73.2 cm³/mol. The maximum Gasteiger partial charge on any atom is 0.208 e. The highest BCUT2D eigenvalue weighted by atomic mass is 32.2. The summed E-state index contributed by atoms with van der Waals surface area (Å²) in [6.45, 7) is 3.82. The Morgan fingerprint density at radius 1 is 1.39 bits per heavy atom. The lowest BCUT2D eigenvalue weighted by molar-refractivity contribution is 0.461. The number of nitrogens with zero attached hydrogens (tertiary/aromatic N) is 1. The molecule has 1 fully saturated rings. The molecule has 4 nitrogen and oxygen atoms in total. The molecule has 1 aliphatic heterocycles. The Morgan fingerprint density at radius 2 is 2.06 bits per heavy atom. The van der Waals surface area contributed by atoms with Crippen LogP contribution in [0.25, 0.3) is 0 Å². The van der Waals surface area contributed by atoms with Crippen LogP contribution in [0.15, 0.2) is 18.2 Å². The number of rotatable bonds is 3. The van der Waals surface area contributed by atoms with Gasteiger partial charge in [0.15, 0.2) is 0 Å². The summed E-state index contributed by atoms with van der Waals surface area (Å²) in [7, 11) is -3.09. The Bertz CT molecular complexity index is 505. The zero-order valence-electron chi connectivity index (χ0n) is 10.8. The highest BCUT2D eigenvalue weighted by Gasteiger charge is 2.22. The first kappa shape index (κ1) is 13.4. The van der Waals surface area contributed by atoms with Crippen LogP contribution in [0.5, 0.6) is 0 Å². The number of anilines is 1. The van der Waals surface area contributed by atoms with Crippen molar-refractivity contribution in [3.05, 3.63) is 29.8 Å². The fourth-order valence-electron chi connectivity index (χ4n) is 2.38. The molecule has 0 amide bonds. The maximum absolute atomic E-state index is 11.2. The Labute approximate surface area is 109 Å². The molecule has 1 heterocycles. The predicted octanol–water partition coefficient (Wildman–Crippen LogP) is 1.31. The minimum Gasteiger partial charge on any atom is -0.371 e. The molecular formula is C13H19N2O2S. The number of nitrogens with one attached hydrogen (secondary N) is 1. The summed E-state index contributed by atoms with van der Waals surface area (Å²) in [6.07, 6.45) is 2.90.